The van der Waals surface area contributed by atoms with Crippen LogP contribution in [-0.4, -0.2) is 16.3 Å². The predicted octanol–water partition coefficient (Wildman–Crippen LogP) is -0.537. The minimum absolute atomic E-state index is 0.0270. The van der Waals surface area contributed by atoms with Gasteiger partial charge in [0.25, 0.3) is 0 Å². The minimum atomic E-state index is -1.05. The van der Waals surface area contributed by atoms with Crippen LogP contribution in [0, 0.1) is 0 Å². The Bertz CT molecular complexity index is 363. The Labute approximate surface area is 73.7 Å². The molecule has 0 unspecified atom stereocenters. The van der Waals surface area contributed by atoms with Gasteiger partial charge in [0.15, 0.2) is 6.04 Å². The van der Waals surface area contributed by atoms with Crippen LogP contribution in [0.4, 0.5) is 0 Å². The van der Waals surface area contributed by atoms with Gasteiger partial charge in [-0.25, -0.2) is 4.79 Å². The largest absolute Gasteiger partial charge is 0.481 e. The lowest BCUT2D eigenvalue weighted by molar-refractivity contribution is -0.784. The topological polar surface area (TPSA) is 87.2 Å². The van der Waals surface area contributed by atoms with E-state index in [1.807, 2.05) is 13.8 Å². The van der Waals surface area contributed by atoms with Gasteiger partial charge in [-0.3, -0.25) is 9.32 Å². The van der Waals surface area contributed by atoms with E-state index in [9.17, 15) is 9.59 Å². The molecule has 1 aromatic rings. The molecule has 6 heteroatoms. The zero-order chi connectivity index (χ0) is 10.0. The van der Waals surface area contributed by atoms with Crippen LogP contribution < -0.4 is 10.3 Å². The molecule has 2 N–H and O–H groups in total. The van der Waals surface area contributed by atoms with Crippen LogP contribution in [0.3, 0.4) is 0 Å². The van der Waals surface area contributed by atoms with E-state index < -0.39 is 11.6 Å². The highest BCUT2D eigenvalue weighted by Crippen LogP contribution is 1.92. The van der Waals surface area contributed by atoms with Crippen molar-refractivity contribution in [1.82, 2.24) is 5.27 Å². The Morgan fingerprint density at radius 2 is 2.31 bits per heavy atom. The standard InChI is InChI=1S/C7H10N2O4/c1-4(2)9-5(3-6(10)11)7(12)13-8-9/h4H,3H2,1-2H3,(H-,8,10,11,12)/p+1. The molecule has 0 saturated heterocycles. The smallest absolute Gasteiger partial charge is 0.430 e. The molecule has 0 spiro atoms. The molecular formula is C7H11N2O4+. The third-order valence-electron chi connectivity index (χ3n) is 1.60. The molecule has 0 aliphatic carbocycles. The van der Waals surface area contributed by atoms with E-state index in [0.717, 1.165) is 0 Å². The third-order valence-corrected chi connectivity index (χ3v) is 1.60. The molecule has 0 aromatic carbocycles. The first-order chi connectivity index (χ1) is 6.02. The van der Waals surface area contributed by atoms with Gasteiger partial charge < -0.3 is 5.11 Å². The van der Waals surface area contributed by atoms with E-state index in [2.05, 4.69) is 9.79 Å². The monoisotopic (exact) mass is 187 g/mol. The number of carboxylic acids is 1. The van der Waals surface area contributed by atoms with Crippen molar-refractivity contribution in [2.75, 3.05) is 0 Å². The van der Waals surface area contributed by atoms with E-state index in [1.54, 1.807) is 0 Å². The third kappa shape index (κ3) is 1.95. The van der Waals surface area contributed by atoms with Crippen LogP contribution in [0.5, 0.6) is 0 Å². The molecule has 72 valence electrons. The summed E-state index contributed by atoms with van der Waals surface area (Å²) in [5, 5.41) is 10.9. The molecule has 0 saturated carbocycles. The number of aliphatic carboxylic acids is 1. The molecule has 1 rings (SSSR count). The summed E-state index contributed by atoms with van der Waals surface area (Å²) in [4.78, 5) is 21.4. The van der Waals surface area contributed by atoms with Crippen molar-refractivity contribution in [3.8, 4) is 0 Å². The van der Waals surface area contributed by atoms with E-state index in [4.69, 9.17) is 5.11 Å². The highest BCUT2D eigenvalue weighted by molar-refractivity contribution is 5.68. The average Bonchev–Trinajstić information content (AvgIpc) is 2.32. The van der Waals surface area contributed by atoms with E-state index in [-0.39, 0.29) is 18.2 Å². The van der Waals surface area contributed by atoms with E-state index >= 15 is 0 Å². The van der Waals surface area contributed by atoms with Crippen molar-refractivity contribution in [3.63, 3.8) is 0 Å². The van der Waals surface area contributed by atoms with Gasteiger partial charge in [0.2, 0.25) is 0 Å². The zero-order valence-corrected chi connectivity index (χ0v) is 7.40. The first-order valence-electron chi connectivity index (χ1n) is 3.86. The summed E-state index contributed by atoms with van der Waals surface area (Å²) in [6.45, 7) is 3.63. The number of carboxylic acid groups (broad SMARTS) is 1. The number of hydrogen-bond acceptors (Lipinski definition) is 3. The van der Waals surface area contributed by atoms with Crippen LogP contribution in [0.15, 0.2) is 9.32 Å². The lowest BCUT2D eigenvalue weighted by atomic mass is 10.3. The second-order valence-electron chi connectivity index (χ2n) is 2.96. The van der Waals surface area contributed by atoms with Crippen molar-refractivity contribution in [3.05, 3.63) is 16.1 Å². The fourth-order valence-electron chi connectivity index (χ4n) is 1.02. The van der Waals surface area contributed by atoms with Crippen LogP contribution in [0.25, 0.3) is 0 Å². The van der Waals surface area contributed by atoms with Crippen molar-refractivity contribution < 1.29 is 19.1 Å². The van der Waals surface area contributed by atoms with Crippen molar-refractivity contribution >= 4 is 5.97 Å². The Hall–Kier alpha value is -1.59. The lowest BCUT2D eigenvalue weighted by Gasteiger charge is -1.94. The second-order valence-corrected chi connectivity index (χ2v) is 2.96. The van der Waals surface area contributed by atoms with Crippen molar-refractivity contribution in [2.24, 2.45) is 0 Å². The fourth-order valence-corrected chi connectivity index (χ4v) is 1.02. The maximum Gasteiger partial charge on any atom is 0.430 e. The van der Waals surface area contributed by atoms with Gasteiger partial charge in [0.05, 0.1) is 0 Å². The van der Waals surface area contributed by atoms with Gasteiger partial charge in [0, 0.05) is 0 Å². The first kappa shape index (κ1) is 9.50. The summed E-state index contributed by atoms with van der Waals surface area (Å²) < 4.78 is 5.88. The first-order valence-corrected chi connectivity index (χ1v) is 3.86. The summed E-state index contributed by atoms with van der Waals surface area (Å²) in [6.07, 6.45) is -0.329. The number of carbonyl (C=O) groups is 1. The molecular weight excluding hydrogens is 176 g/mol. The maximum atomic E-state index is 11.0. The molecule has 0 radical (unpaired) electrons. The van der Waals surface area contributed by atoms with Gasteiger partial charge in [-0.2, -0.15) is 0 Å². The maximum absolute atomic E-state index is 11.0. The highest BCUT2D eigenvalue weighted by atomic mass is 16.5. The molecule has 0 aliphatic heterocycles. The summed E-state index contributed by atoms with van der Waals surface area (Å²) in [6, 6.07) is -0.0270. The zero-order valence-electron chi connectivity index (χ0n) is 7.40. The number of nitrogens with zero attached hydrogens (tertiary/aromatic N) is 1. The molecule has 0 atom stereocenters. The Kier molecular flexibility index (Phi) is 2.50. The molecule has 0 aliphatic rings. The van der Waals surface area contributed by atoms with Crippen LogP contribution in [0.1, 0.15) is 25.6 Å². The van der Waals surface area contributed by atoms with E-state index in [1.165, 1.54) is 4.68 Å². The summed E-state index contributed by atoms with van der Waals surface area (Å²) in [7, 11) is 0. The Morgan fingerprint density at radius 1 is 1.69 bits per heavy atom. The van der Waals surface area contributed by atoms with Gasteiger partial charge in [-0.15, -0.1) is 0 Å². The molecule has 0 bridgehead atoms. The Balaban J connectivity index is 3.09. The summed E-state index contributed by atoms with van der Waals surface area (Å²) in [5.41, 5.74) is -0.501. The van der Waals surface area contributed by atoms with Gasteiger partial charge in [0.1, 0.15) is 6.42 Å². The molecule has 13 heavy (non-hydrogen) atoms. The quantitative estimate of drug-likeness (QED) is 0.622. The SMILES string of the molecule is CC(C)[n+]1[nH]oc(=O)c1CC(=O)O. The molecule has 1 aromatic heterocycles. The van der Waals surface area contributed by atoms with Crippen LogP contribution >= 0.6 is 0 Å². The lowest BCUT2D eigenvalue weighted by Crippen LogP contribution is -2.44. The number of rotatable bonds is 3. The molecule has 1 heterocycles. The van der Waals surface area contributed by atoms with Gasteiger partial charge in [-0.1, -0.05) is 4.68 Å². The summed E-state index contributed by atoms with van der Waals surface area (Å²) in [5.74, 6) is -1.05. The average molecular weight is 187 g/mol. The normalized spacial score (nSPS) is 10.7. The molecule has 0 fully saturated rings. The van der Waals surface area contributed by atoms with Crippen LogP contribution in [0.2, 0.25) is 0 Å². The molecule has 0 amide bonds. The van der Waals surface area contributed by atoms with E-state index in [0.29, 0.717) is 0 Å². The summed E-state index contributed by atoms with van der Waals surface area (Å²) >= 11 is 0. The second kappa shape index (κ2) is 3.42. The molecule has 6 nitrogen and oxygen atoms in total. The van der Waals surface area contributed by atoms with Gasteiger partial charge in [-0.05, 0) is 19.1 Å². The Morgan fingerprint density at radius 3 is 2.77 bits per heavy atom. The number of nitrogens with one attached hydrogen (secondary N) is 1. The number of H-pyrrole nitrogens is 1. The van der Waals surface area contributed by atoms with Crippen LogP contribution in [-0.2, 0) is 11.2 Å². The van der Waals surface area contributed by atoms with Crippen molar-refractivity contribution in [1.29, 1.82) is 0 Å². The number of aromatic nitrogens is 2. The number of aromatic amines is 1. The minimum Gasteiger partial charge on any atom is -0.481 e. The number of hydrogen-bond donors (Lipinski definition) is 2. The van der Waals surface area contributed by atoms with Crippen molar-refractivity contribution in [2.45, 2.75) is 26.3 Å². The fraction of sp³-hybridized carbons (Fsp3) is 0.571. The predicted molar refractivity (Wildman–Crippen MR) is 41.2 cm³/mol. The highest BCUT2D eigenvalue weighted by Gasteiger charge is 2.25. The van der Waals surface area contributed by atoms with Gasteiger partial charge >= 0.3 is 17.3 Å².